The zero-order chi connectivity index (χ0) is 11.8. The van der Waals surface area contributed by atoms with Gasteiger partial charge in [-0.15, -0.1) is 0 Å². The Kier molecular flexibility index (Phi) is 2.96. The molecule has 0 aromatic carbocycles. The fraction of sp³-hybridized carbons (Fsp3) is 0.769. The fourth-order valence-corrected chi connectivity index (χ4v) is 2.42. The number of carbonyl (C=O) groups excluding carboxylic acids is 1. The van der Waals surface area contributed by atoms with Gasteiger partial charge in [-0.2, -0.15) is 0 Å². The van der Waals surface area contributed by atoms with Crippen LogP contribution in [-0.2, 0) is 4.74 Å². The molecule has 1 fully saturated rings. The lowest BCUT2D eigenvalue weighted by molar-refractivity contribution is 0.0290. The first-order chi connectivity index (χ1) is 7.46. The van der Waals surface area contributed by atoms with Crippen LogP contribution in [0.15, 0.2) is 11.6 Å². The Hall–Kier alpha value is -0.990. The van der Waals surface area contributed by atoms with Gasteiger partial charge in [0, 0.05) is 13.1 Å². The number of rotatable bonds is 0. The molecule has 0 aromatic rings. The summed E-state index contributed by atoms with van der Waals surface area (Å²) in [5, 5.41) is 0. The molecular weight excluding hydrogens is 202 g/mol. The lowest BCUT2D eigenvalue weighted by Crippen LogP contribution is -2.35. The Morgan fingerprint density at radius 2 is 2.25 bits per heavy atom. The van der Waals surface area contributed by atoms with Crippen LogP contribution in [0, 0.1) is 5.92 Å². The number of carbonyl (C=O) groups is 1. The number of likely N-dealkylation sites (tertiary alicyclic amines) is 1. The summed E-state index contributed by atoms with van der Waals surface area (Å²) < 4.78 is 5.39. The molecule has 3 nitrogen and oxygen atoms in total. The highest BCUT2D eigenvalue weighted by Gasteiger charge is 2.33. The van der Waals surface area contributed by atoms with Crippen molar-refractivity contribution < 1.29 is 9.53 Å². The maximum Gasteiger partial charge on any atom is 0.410 e. The highest BCUT2D eigenvalue weighted by molar-refractivity contribution is 5.69. The van der Waals surface area contributed by atoms with Gasteiger partial charge in [0.2, 0.25) is 0 Å². The second-order valence-corrected chi connectivity index (χ2v) is 5.77. The van der Waals surface area contributed by atoms with E-state index in [1.807, 2.05) is 25.7 Å². The first-order valence-electron chi connectivity index (χ1n) is 6.12. The standard InChI is InChI=1S/C13H21NO2/c1-13(2,3)16-12(15)14-8-10-6-4-5-7-11(10)9-14/h6,11H,4-5,7-9H2,1-3H3. The van der Waals surface area contributed by atoms with Crippen molar-refractivity contribution in [2.45, 2.75) is 45.6 Å². The van der Waals surface area contributed by atoms with Crippen molar-refractivity contribution in [2.75, 3.05) is 13.1 Å². The summed E-state index contributed by atoms with van der Waals surface area (Å²) in [7, 11) is 0. The van der Waals surface area contributed by atoms with E-state index in [0.29, 0.717) is 5.92 Å². The third-order valence-electron chi connectivity index (χ3n) is 3.15. The molecule has 16 heavy (non-hydrogen) atoms. The molecule has 1 heterocycles. The first kappa shape index (κ1) is 11.5. The van der Waals surface area contributed by atoms with Gasteiger partial charge in [-0.25, -0.2) is 4.79 Å². The molecule has 0 aromatic heterocycles. The maximum atomic E-state index is 11.9. The van der Waals surface area contributed by atoms with Gasteiger partial charge in [-0.05, 0) is 51.5 Å². The lowest BCUT2D eigenvalue weighted by Gasteiger charge is -2.24. The quantitative estimate of drug-likeness (QED) is 0.591. The maximum absolute atomic E-state index is 11.9. The van der Waals surface area contributed by atoms with Crippen LogP contribution in [0.3, 0.4) is 0 Å². The van der Waals surface area contributed by atoms with Gasteiger partial charge in [-0.1, -0.05) is 6.08 Å². The van der Waals surface area contributed by atoms with Crippen molar-refractivity contribution in [3.8, 4) is 0 Å². The SMILES string of the molecule is CC(C)(C)OC(=O)N1CC2=CCCCC2C1. The first-order valence-corrected chi connectivity index (χ1v) is 6.12. The Balaban J connectivity index is 1.96. The minimum absolute atomic E-state index is 0.164. The van der Waals surface area contributed by atoms with Crippen LogP contribution in [-0.4, -0.2) is 29.7 Å². The van der Waals surface area contributed by atoms with Crippen molar-refractivity contribution in [1.82, 2.24) is 4.90 Å². The van der Waals surface area contributed by atoms with Crippen molar-refractivity contribution in [3.63, 3.8) is 0 Å². The van der Waals surface area contributed by atoms with Crippen molar-refractivity contribution in [1.29, 1.82) is 0 Å². The molecule has 0 N–H and O–H groups in total. The predicted molar refractivity (Wildman–Crippen MR) is 63.2 cm³/mol. The Morgan fingerprint density at radius 1 is 1.50 bits per heavy atom. The molecule has 1 unspecified atom stereocenters. The molecule has 0 radical (unpaired) electrons. The van der Waals surface area contributed by atoms with Crippen molar-refractivity contribution in [3.05, 3.63) is 11.6 Å². The van der Waals surface area contributed by atoms with E-state index in [0.717, 1.165) is 13.1 Å². The minimum atomic E-state index is -0.390. The van der Waals surface area contributed by atoms with Gasteiger partial charge < -0.3 is 9.64 Å². The van der Waals surface area contributed by atoms with Gasteiger partial charge in [0.1, 0.15) is 5.60 Å². The number of amides is 1. The van der Waals surface area contributed by atoms with Gasteiger partial charge in [0.15, 0.2) is 0 Å². The van der Waals surface area contributed by atoms with E-state index in [4.69, 9.17) is 4.74 Å². The summed E-state index contributed by atoms with van der Waals surface area (Å²) in [6.45, 7) is 7.36. The number of hydrogen-bond acceptors (Lipinski definition) is 2. The minimum Gasteiger partial charge on any atom is -0.444 e. The van der Waals surface area contributed by atoms with Crippen LogP contribution in [0.25, 0.3) is 0 Å². The van der Waals surface area contributed by atoms with E-state index >= 15 is 0 Å². The Bertz CT molecular complexity index is 314. The monoisotopic (exact) mass is 223 g/mol. The number of allylic oxidation sites excluding steroid dienone is 1. The number of hydrogen-bond donors (Lipinski definition) is 0. The second-order valence-electron chi connectivity index (χ2n) is 5.77. The normalized spacial score (nSPS) is 25.1. The summed E-state index contributed by atoms with van der Waals surface area (Å²) in [5.74, 6) is 0.598. The molecule has 3 heteroatoms. The summed E-state index contributed by atoms with van der Waals surface area (Å²) in [6.07, 6.45) is 5.80. The van der Waals surface area contributed by atoms with Gasteiger partial charge in [0.05, 0.1) is 0 Å². The second kappa shape index (κ2) is 4.11. The van der Waals surface area contributed by atoms with Crippen LogP contribution < -0.4 is 0 Å². The summed E-state index contributed by atoms with van der Waals surface area (Å²) in [5.41, 5.74) is 1.05. The fourth-order valence-electron chi connectivity index (χ4n) is 2.42. The largest absolute Gasteiger partial charge is 0.444 e. The van der Waals surface area contributed by atoms with Crippen molar-refractivity contribution in [2.24, 2.45) is 5.92 Å². The average Bonchev–Trinajstić information content (AvgIpc) is 2.58. The van der Waals surface area contributed by atoms with Crippen LogP contribution >= 0.6 is 0 Å². The predicted octanol–water partition coefficient (Wildman–Crippen LogP) is 2.96. The van der Waals surface area contributed by atoms with Crippen molar-refractivity contribution >= 4 is 6.09 Å². The van der Waals surface area contributed by atoms with Gasteiger partial charge in [0.25, 0.3) is 0 Å². The van der Waals surface area contributed by atoms with Crippen LogP contribution in [0.2, 0.25) is 0 Å². The summed E-state index contributed by atoms with van der Waals surface area (Å²) in [4.78, 5) is 13.7. The Labute approximate surface area is 97.5 Å². The summed E-state index contributed by atoms with van der Waals surface area (Å²) in [6, 6.07) is 0. The van der Waals surface area contributed by atoms with E-state index < -0.39 is 0 Å². The van der Waals surface area contributed by atoms with E-state index in [1.54, 1.807) is 0 Å². The summed E-state index contributed by atoms with van der Waals surface area (Å²) >= 11 is 0. The highest BCUT2D eigenvalue weighted by atomic mass is 16.6. The number of ether oxygens (including phenoxy) is 1. The molecule has 2 aliphatic rings. The highest BCUT2D eigenvalue weighted by Crippen LogP contribution is 2.32. The molecule has 0 saturated carbocycles. The van der Waals surface area contributed by atoms with Gasteiger partial charge >= 0.3 is 6.09 Å². The van der Waals surface area contributed by atoms with Crippen LogP contribution in [0.4, 0.5) is 4.79 Å². The number of nitrogens with zero attached hydrogens (tertiary/aromatic N) is 1. The smallest absolute Gasteiger partial charge is 0.410 e. The van der Waals surface area contributed by atoms with E-state index in [9.17, 15) is 4.79 Å². The third kappa shape index (κ3) is 2.57. The molecule has 2 rings (SSSR count). The van der Waals surface area contributed by atoms with E-state index in [1.165, 1.54) is 24.8 Å². The molecule has 1 aliphatic carbocycles. The molecule has 90 valence electrons. The average molecular weight is 223 g/mol. The molecular formula is C13H21NO2. The molecule has 0 bridgehead atoms. The molecule has 1 amide bonds. The van der Waals surface area contributed by atoms with E-state index in [2.05, 4.69) is 6.08 Å². The number of fused-ring (bicyclic) bond motifs is 1. The van der Waals surface area contributed by atoms with Crippen LogP contribution in [0.5, 0.6) is 0 Å². The zero-order valence-corrected chi connectivity index (χ0v) is 10.5. The van der Waals surface area contributed by atoms with Gasteiger partial charge in [-0.3, -0.25) is 0 Å². The van der Waals surface area contributed by atoms with E-state index in [-0.39, 0.29) is 11.7 Å². The topological polar surface area (TPSA) is 29.5 Å². The molecule has 1 saturated heterocycles. The third-order valence-corrected chi connectivity index (χ3v) is 3.15. The van der Waals surface area contributed by atoms with Crippen LogP contribution in [0.1, 0.15) is 40.0 Å². The Morgan fingerprint density at radius 3 is 2.88 bits per heavy atom. The zero-order valence-electron chi connectivity index (χ0n) is 10.5. The lowest BCUT2D eigenvalue weighted by atomic mass is 9.91. The molecule has 1 aliphatic heterocycles. The molecule has 0 spiro atoms. The molecule has 1 atom stereocenters.